The van der Waals surface area contributed by atoms with Gasteiger partial charge in [0.25, 0.3) is 0 Å². The summed E-state index contributed by atoms with van der Waals surface area (Å²) in [5, 5.41) is 63.5. The summed E-state index contributed by atoms with van der Waals surface area (Å²) in [4.78, 5) is 66.1. The number of carbonyl (C=O) groups is 5. The highest BCUT2D eigenvalue weighted by atomic mass is 32.2. The van der Waals surface area contributed by atoms with Gasteiger partial charge in [0.1, 0.15) is 0 Å². The quantitative estimate of drug-likeness (QED) is 0.0123. The minimum Gasteiger partial charge on any atom is -0.462 e. The highest BCUT2D eigenvalue weighted by Crippen LogP contribution is 2.54. The van der Waals surface area contributed by atoms with Crippen LogP contribution in [-0.2, 0) is 14.3 Å². The van der Waals surface area contributed by atoms with Gasteiger partial charge in [0.05, 0.1) is 44.3 Å². The number of rotatable bonds is 25. The number of ketones is 2. The lowest BCUT2D eigenvalue weighted by atomic mass is 9.96. The Labute approximate surface area is 768 Å². The number of hydrogen-bond acceptors (Lipinski definition) is 11. The maximum Gasteiger partial charge on any atom is 0.338 e. The second kappa shape index (κ2) is 42.9. The van der Waals surface area contributed by atoms with E-state index >= 15 is 0 Å². The number of hydrogen-bond donors (Lipinski definition) is 7. The van der Waals surface area contributed by atoms with Crippen molar-refractivity contribution in [2.75, 3.05) is 43.7 Å². The number of Topliss-reactive ketones (excluding diaryl/α,β-unsaturated/α-hetero) is 2. The fraction of sp³-hybridized carbons (Fsp3) is 0.152. The van der Waals surface area contributed by atoms with E-state index in [2.05, 4.69) is 309 Å². The van der Waals surface area contributed by atoms with Crippen molar-refractivity contribution in [1.29, 1.82) is 0 Å². The number of aliphatic hydroxyl groups excluding tert-OH is 5. The maximum absolute atomic E-state index is 12.6. The fourth-order valence-corrected chi connectivity index (χ4v) is 28.6. The Bertz CT molecular complexity index is 6960. The fourth-order valence-electron chi connectivity index (χ4n) is 16.7. The van der Waals surface area contributed by atoms with E-state index in [1.54, 1.807) is 6.92 Å². The summed E-state index contributed by atoms with van der Waals surface area (Å²) in [6.07, 6.45) is 3.40. The van der Waals surface area contributed by atoms with Gasteiger partial charge < -0.3 is 40.9 Å². The standard InChI is InChI=1S/C26H27O2S.C22H19O3S.C22H19O2S.2C21H17NO2S/c1-18(17-19(2)27)11-16-24(28)20-12-14-21(15-13-20)29-25-9-5-3-7-22(25)23-8-4-6-10-26(23)29;23-14-5-15-25-22(24)16-10-12-17(13-11-16)26-20-8-3-1-6-18(20)19-7-2-4-9-21(19)26;23-15-5-8-20(24)16-11-13-17(14-12-16)25-21-9-3-1-6-18(21)19-7-2-4-10-22(19)25;2*23-14-13-21(24)22-15-9-11-16(12-10-15)25-19-7-3-1-5-17(19)18-6-2-4-8-20(18)25/h3-10,12-15,18-19,27H,11,16-17H2,1-2H3;1-4,6-13,23H,5,14-15H2;1-4,6-7,9-14,23H,5,8,15H2;2*1-12,23H,13-14H2/q3*+1;;/p+2. The van der Waals surface area contributed by atoms with E-state index in [-0.39, 0.29) is 134 Å². The van der Waals surface area contributed by atoms with Gasteiger partial charge in [-0.05, 0) is 250 Å². The second-order valence-corrected chi connectivity index (χ2v) is 41.6. The highest BCUT2D eigenvalue weighted by molar-refractivity contribution is 7.52. The molecule has 20 rings (SSSR count). The number of carbonyl (C=O) groups excluding carboxylic acids is 5. The van der Waals surface area contributed by atoms with Gasteiger partial charge in [0, 0.05) is 185 Å². The van der Waals surface area contributed by atoms with E-state index in [0.29, 0.717) is 37.2 Å². The zero-order chi connectivity index (χ0) is 90.0. The molecule has 2 amide bonds. The van der Waals surface area contributed by atoms with E-state index in [0.717, 1.165) is 35.3 Å². The number of anilines is 2. The van der Waals surface area contributed by atoms with Crippen molar-refractivity contribution in [3.63, 3.8) is 0 Å². The largest absolute Gasteiger partial charge is 0.462 e. The zero-order valence-corrected chi connectivity index (χ0v) is 76.3. The molecule has 20 aromatic rings. The number of benzene rings is 15. The van der Waals surface area contributed by atoms with Crippen molar-refractivity contribution in [2.45, 2.75) is 71.3 Å². The van der Waals surface area contributed by atoms with Gasteiger partial charge in [-0.3, -0.25) is 19.2 Å². The molecular weight excluding hydrogens is 1710 g/mol. The van der Waals surface area contributed by atoms with E-state index < -0.39 is 0 Å². The first-order valence-electron chi connectivity index (χ1n) is 43.8. The molecule has 0 aliphatic heterocycles. The molecule has 0 radical (unpaired) electrons. The minimum atomic E-state index is -0.347. The van der Waals surface area contributed by atoms with Crippen LogP contribution in [0.3, 0.4) is 0 Å². The van der Waals surface area contributed by atoms with E-state index in [4.69, 9.17) is 25.2 Å². The summed E-state index contributed by atoms with van der Waals surface area (Å²) in [5.41, 5.74) is 3.55. The number of amides is 2. The van der Waals surface area contributed by atoms with Crippen LogP contribution >= 0.6 is 52.3 Å². The van der Waals surface area contributed by atoms with Crippen molar-refractivity contribution in [3.8, 4) is 24.5 Å². The summed E-state index contributed by atoms with van der Waals surface area (Å²) in [7, 11) is -0.627. The Balaban J connectivity index is 0.000000119. The lowest BCUT2D eigenvalue weighted by Gasteiger charge is -2.12. The molecule has 0 aliphatic carbocycles. The number of thiophene rings is 5. The molecule has 0 saturated heterocycles. The monoisotopic (exact) mass is 1810 g/mol. The molecule has 0 aliphatic rings. The molecule has 7 N–H and O–H groups in total. The molecule has 13 nitrogen and oxygen atoms in total. The molecule has 18 heteroatoms. The first kappa shape index (κ1) is 90.3. The van der Waals surface area contributed by atoms with Crippen molar-refractivity contribution in [1.82, 2.24) is 0 Å². The van der Waals surface area contributed by atoms with Crippen LogP contribution in [0.1, 0.15) is 96.3 Å². The number of fused-ring (bicyclic) bond motifs is 15. The lowest BCUT2D eigenvalue weighted by molar-refractivity contribution is -0.117. The number of aliphatic hydroxyl groups is 5. The zero-order valence-electron chi connectivity index (χ0n) is 72.2. The number of ether oxygens (including phenoxy) is 1. The third-order valence-electron chi connectivity index (χ3n) is 22.8. The predicted octanol–water partition coefficient (Wildman–Crippen LogP) is 28.2. The van der Waals surface area contributed by atoms with Crippen molar-refractivity contribution in [3.05, 3.63) is 381 Å². The molecule has 15 aromatic carbocycles. The molecule has 5 heterocycles. The molecule has 0 spiro atoms. The Morgan fingerprint density at radius 2 is 0.508 bits per heavy atom. The van der Waals surface area contributed by atoms with Crippen LogP contribution in [0.5, 0.6) is 0 Å². The van der Waals surface area contributed by atoms with Gasteiger partial charge >= 0.3 is 5.97 Å². The molecule has 0 bridgehead atoms. The third-order valence-corrected chi connectivity index (χ3v) is 34.5. The van der Waals surface area contributed by atoms with Gasteiger partial charge in [-0.2, -0.15) is 0 Å². The summed E-state index contributed by atoms with van der Waals surface area (Å²) < 4.78 is 18.6. The lowest BCUT2D eigenvalue weighted by Crippen LogP contribution is -2.12. The van der Waals surface area contributed by atoms with Crippen LogP contribution in [0.25, 0.3) is 125 Å². The predicted molar refractivity (Wildman–Crippen MR) is 549 cm³/mol. The first-order valence-corrected chi connectivity index (χ1v) is 49.9. The summed E-state index contributed by atoms with van der Waals surface area (Å²) in [6.45, 7) is 3.94. The van der Waals surface area contributed by atoms with Gasteiger partial charge in [-0.15, -0.1) is 0 Å². The molecule has 0 saturated carbocycles. The molecule has 5 aromatic heterocycles. The summed E-state index contributed by atoms with van der Waals surface area (Å²) in [6, 6.07) is 126. The van der Waals surface area contributed by atoms with E-state index in [1.807, 2.05) is 72.8 Å². The summed E-state index contributed by atoms with van der Waals surface area (Å²) >= 11 is 0. The molecule has 130 heavy (non-hydrogen) atoms. The summed E-state index contributed by atoms with van der Waals surface area (Å²) in [5.74, 6) is -0.0593. The van der Waals surface area contributed by atoms with Gasteiger partial charge in [-0.1, -0.05) is 128 Å². The van der Waals surface area contributed by atoms with Gasteiger partial charge in [0.15, 0.2) is 83.0 Å². The molecular formula is C112H101N2O11S5+5. The van der Waals surface area contributed by atoms with Crippen LogP contribution in [0, 0.1) is 5.92 Å². The van der Waals surface area contributed by atoms with Gasteiger partial charge in [0.2, 0.25) is 11.8 Å². The van der Waals surface area contributed by atoms with E-state index in [1.165, 1.54) is 125 Å². The maximum atomic E-state index is 12.6. The Morgan fingerprint density at radius 3 is 0.746 bits per heavy atom. The minimum absolute atomic E-state index is 0.0217. The molecule has 650 valence electrons. The van der Waals surface area contributed by atoms with Crippen molar-refractivity contribution in [2.24, 2.45) is 5.92 Å². The second-order valence-electron chi connectivity index (χ2n) is 31.8. The van der Waals surface area contributed by atoms with Crippen molar-refractivity contribution >= 4 is 194 Å². The Kier molecular flexibility index (Phi) is 29.8. The average Bonchev–Trinajstić information content (AvgIpc) is 2.47. The van der Waals surface area contributed by atoms with Gasteiger partial charge in [-0.25, -0.2) is 4.79 Å². The van der Waals surface area contributed by atoms with E-state index in [9.17, 15) is 29.1 Å². The van der Waals surface area contributed by atoms with Crippen LogP contribution in [0.2, 0.25) is 0 Å². The normalized spacial score (nSPS) is 11.7. The third kappa shape index (κ3) is 20.3. The van der Waals surface area contributed by atoms with Crippen LogP contribution < -0.4 is 10.6 Å². The number of nitrogens with one attached hydrogen (secondary N) is 2. The molecule has 2 unspecified atom stereocenters. The van der Waals surface area contributed by atoms with Crippen LogP contribution in [0.15, 0.2) is 364 Å². The topological polar surface area (TPSA) is 220 Å². The average molecular weight is 1810 g/mol. The van der Waals surface area contributed by atoms with Crippen molar-refractivity contribution < 1.29 is 54.2 Å². The smallest absolute Gasteiger partial charge is 0.338 e. The van der Waals surface area contributed by atoms with Crippen LogP contribution in [-0.4, -0.2) is 94.0 Å². The molecule has 2 atom stereocenters. The SMILES string of the molecule is CC(O)CC(C)CCC(=O)c1ccc(-[s+]2c3ccccc3c3ccccc32)cc1.O=C(CCCO)c1ccc(-[s+]2c3ccccc3c3ccccc32)cc1.O=C(CCO)Nc1ccc(-[s+]2c3ccccc3c3ccccc32)cc1.O=C(CCO)Nc1ccc(-[s+]2c3ccccc3c3ccccc32)cc1.O=C(OCCCO)c1ccc(-[s+]2c3ccccc3c3ccccc32)cc1. The number of esters is 1. The molecule has 0 fully saturated rings. The van der Waals surface area contributed by atoms with Crippen LogP contribution in [0.4, 0.5) is 11.4 Å². The Morgan fingerprint density at radius 1 is 0.277 bits per heavy atom. The Hall–Kier alpha value is -13.1. The first-order chi connectivity index (χ1) is 63.7. The highest BCUT2D eigenvalue weighted by Gasteiger charge is 2.30.